The van der Waals surface area contributed by atoms with Gasteiger partial charge < -0.3 is 20.3 Å². The Labute approximate surface area is 181 Å². The largest absolute Gasteiger partial charge is 0.492 e. The van der Waals surface area contributed by atoms with Crippen molar-refractivity contribution >= 4 is 23.4 Å². The molecule has 0 bridgehead atoms. The first kappa shape index (κ1) is 20.9. The zero-order chi connectivity index (χ0) is 21.6. The van der Waals surface area contributed by atoms with E-state index in [0.717, 1.165) is 30.7 Å². The third-order valence-electron chi connectivity index (χ3n) is 5.69. The molecule has 0 unspecified atom stereocenters. The van der Waals surface area contributed by atoms with Crippen LogP contribution in [0.3, 0.4) is 0 Å². The lowest BCUT2D eigenvalue weighted by Crippen LogP contribution is -2.38. The van der Waals surface area contributed by atoms with E-state index in [-0.39, 0.29) is 24.3 Å². The van der Waals surface area contributed by atoms with Crippen LogP contribution in [0, 0.1) is 0 Å². The van der Waals surface area contributed by atoms with Crippen molar-refractivity contribution in [3.63, 3.8) is 0 Å². The molecule has 0 spiro atoms. The van der Waals surface area contributed by atoms with Gasteiger partial charge in [0.25, 0.3) is 5.91 Å². The summed E-state index contributed by atoms with van der Waals surface area (Å²) in [7, 11) is 0. The minimum Gasteiger partial charge on any atom is -0.492 e. The molecule has 1 fully saturated rings. The lowest BCUT2D eigenvalue weighted by atomic mass is 10.1. The van der Waals surface area contributed by atoms with Crippen LogP contribution in [0.15, 0.2) is 42.5 Å². The first-order chi connectivity index (χ1) is 15.1. The van der Waals surface area contributed by atoms with Crippen molar-refractivity contribution in [2.45, 2.75) is 32.1 Å². The van der Waals surface area contributed by atoms with Gasteiger partial charge >= 0.3 is 0 Å². The Hall–Kier alpha value is -3.35. The van der Waals surface area contributed by atoms with Crippen LogP contribution in [0.5, 0.6) is 5.75 Å². The van der Waals surface area contributed by atoms with Gasteiger partial charge in [-0.1, -0.05) is 6.07 Å². The van der Waals surface area contributed by atoms with Crippen LogP contribution < -0.4 is 20.3 Å². The van der Waals surface area contributed by atoms with Crippen molar-refractivity contribution in [2.24, 2.45) is 0 Å². The van der Waals surface area contributed by atoms with E-state index >= 15 is 0 Å². The summed E-state index contributed by atoms with van der Waals surface area (Å²) in [6.45, 7) is 1.34. The number of anilines is 1. The minimum absolute atomic E-state index is 0.106. The molecule has 1 saturated heterocycles. The predicted molar refractivity (Wildman–Crippen MR) is 117 cm³/mol. The van der Waals surface area contributed by atoms with E-state index in [1.54, 1.807) is 29.2 Å². The van der Waals surface area contributed by atoms with E-state index in [4.69, 9.17) is 4.74 Å². The SMILES string of the molecule is O=C(CNC(=O)c1ccc(N2CCCC2=O)cc1)NCCOc1ccc2c(c1)CCC2. The Morgan fingerprint density at radius 2 is 1.74 bits per heavy atom. The summed E-state index contributed by atoms with van der Waals surface area (Å²) < 4.78 is 5.71. The summed E-state index contributed by atoms with van der Waals surface area (Å²) in [5.74, 6) is 0.324. The van der Waals surface area contributed by atoms with Gasteiger partial charge in [0.1, 0.15) is 12.4 Å². The predicted octanol–water partition coefficient (Wildman–Crippen LogP) is 2.23. The summed E-state index contributed by atoms with van der Waals surface area (Å²) >= 11 is 0. The second-order valence-corrected chi connectivity index (χ2v) is 7.86. The number of aryl methyl sites for hydroxylation is 2. The number of nitrogens with zero attached hydrogens (tertiary/aromatic N) is 1. The molecule has 4 rings (SSSR count). The summed E-state index contributed by atoms with van der Waals surface area (Å²) in [5, 5.41) is 5.35. The van der Waals surface area contributed by atoms with E-state index < -0.39 is 0 Å². The van der Waals surface area contributed by atoms with E-state index in [9.17, 15) is 14.4 Å². The van der Waals surface area contributed by atoms with Gasteiger partial charge in [0.2, 0.25) is 11.8 Å². The summed E-state index contributed by atoms with van der Waals surface area (Å²) in [6.07, 6.45) is 4.86. The molecule has 1 aliphatic carbocycles. The quantitative estimate of drug-likeness (QED) is 0.640. The molecule has 7 nitrogen and oxygen atoms in total. The average molecular weight is 421 g/mol. The molecular weight excluding hydrogens is 394 g/mol. The summed E-state index contributed by atoms with van der Waals surface area (Å²) in [5.41, 5.74) is 3.99. The summed E-state index contributed by atoms with van der Waals surface area (Å²) in [6, 6.07) is 13.0. The molecular formula is C24H27N3O4. The van der Waals surface area contributed by atoms with Gasteiger partial charge in [-0.25, -0.2) is 0 Å². The number of carbonyl (C=O) groups is 3. The topological polar surface area (TPSA) is 87.7 Å². The van der Waals surface area contributed by atoms with Crippen LogP contribution >= 0.6 is 0 Å². The normalized spacial score (nSPS) is 15.0. The fraction of sp³-hybridized carbons (Fsp3) is 0.375. The van der Waals surface area contributed by atoms with Crippen LogP contribution in [-0.4, -0.2) is 44.0 Å². The number of carbonyl (C=O) groups excluding carboxylic acids is 3. The molecule has 2 aromatic rings. The molecule has 2 aliphatic rings. The Morgan fingerprint density at radius 1 is 0.935 bits per heavy atom. The number of nitrogens with one attached hydrogen (secondary N) is 2. The van der Waals surface area contributed by atoms with Gasteiger partial charge in [-0.2, -0.15) is 0 Å². The van der Waals surface area contributed by atoms with E-state index in [0.29, 0.717) is 31.7 Å². The molecule has 0 aromatic heterocycles. The van der Waals surface area contributed by atoms with Gasteiger partial charge in [-0.05, 0) is 73.2 Å². The Morgan fingerprint density at radius 3 is 2.52 bits per heavy atom. The first-order valence-corrected chi connectivity index (χ1v) is 10.8. The third kappa shape index (κ3) is 5.23. The van der Waals surface area contributed by atoms with Crippen molar-refractivity contribution in [1.82, 2.24) is 10.6 Å². The average Bonchev–Trinajstić information content (AvgIpc) is 3.43. The molecule has 162 valence electrons. The Bertz CT molecular complexity index is 971. The highest BCUT2D eigenvalue weighted by Gasteiger charge is 2.21. The zero-order valence-corrected chi connectivity index (χ0v) is 17.5. The number of ether oxygens (including phenoxy) is 1. The van der Waals surface area contributed by atoms with Crippen molar-refractivity contribution in [1.29, 1.82) is 0 Å². The molecule has 2 aromatic carbocycles. The highest BCUT2D eigenvalue weighted by Crippen LogP contribution is 2.26. The van der Waals surface area contributed by atoms with Crippen LogP contribution in [0.25, 0.3) is 0 Å². The molecule has 3 amide bonds. The van der Waals surface area contributed by atoms with E-state index in [1.165, 1.54) is 17.5 Å². The number of rotatable bonds is 8. The van der Waals surface area contributed by atoms with Crippen LogP contribution in [0.4, 0.5) is 5.69 Å². The highest BCUT2D eigenvalue weighted by molar-refractivity contribution is 5.98. The van der Waals surface area contributed by atoms with Gasteiger partial charge in [0.15, 0.2) is 0 Å². The molecule has 0 saturated carbocycles. The number of hydrogen-bond donors (Lipinski definition) is 2. The smallest absolute Gasteiger partial charge is 0.251 e. The first-order valence-electron chi connectivity index (χ1n) is 10.8. The van der Waals surface area contributed by atoms with Crippen LogP contribution in [-0.2, 0) is 22.4 Å². The molecule has 0 radical (unpaired) electrons. The number of hydrogen-bond acceptors (Lipinski definition) is 4. The third-order valence-corrected chi connectivity index (χ3v) is 5.69. The van der Waals surface area contributed by atoms with Crippen molar-refractivity contribution in [2.75, 3.05) is 31.1 Å². The van der Waals surface area contributed by atoms with Crippen molar-refractivity contribution < 1.29 is 19.1 Å². The molecule has 31 heavy (non-hydrogen) atoms. The minimum atomic E-state index is -0.330. The zero-order valence-electron chi connectivity index (χ0n) is 17.5. The molecule has 0 atom stereocenters. The van der Waals surface area contributed by atoms with Gasteiger partial charge in [0, 0.05) is 24.2 Å². The fourth-order valence-electron chi connectivity index (χ4n) is 4.04. The maximum Gasteiger partial charge on any atom is 0.251 e. The lowest BCUT2D eigenvalue weighted by Gasteiger charge is -2.15. The number of fused-ring (bicyclic) bond motifs is 1. The Kier molecular flexibility index (Phi) is 6.50. The second-order valence-electron chi connectivity index (χ2n) is 7.86. The van der Waals surface area contributed by atoms with Gasteiger partial charge in [-0.15, -0.1) is 0 Å². The monoisotopic (exact) mass is 421 g/mol. The maximum atomic E-state index is 12.3. The lowest BCUT2D eigenvalue weighted by molar-refractivity contribution is -0.120. The molecule has 7 heteroatoms. The molecule has 2 N–H and O–H groups in total. The van der Waals surface area contributed by atoms with Gasteiger partial charge in [0.05, 0.1) is 13.1 Å². The highest BCUT2D eigenvalue weighted by atomic mass is 16.5. The summed E-state index contributed by atoms with van der Waals surface area (Å²) in [4.78, 5) is 37.8. The number of benzene rings is 2. The van der Waals surface area contributed by atoms with Crippen molar-refractivity contribution in [3.05, 3.63) is 59.2 Å². The second kappa shape index (κ2) is 9.64. The van der Waals surface area contributed by atoms with Crippen LogP contribution in [0.1, 0.15) is 40.7 Å². The van der Waals surface area contributed by atoms with E-state index in [2.05, 4.69) is 22.8 Å². The standard InChI is InChI=1S/C24H27N3O4/c28-22(25-12-14-31-21-11-8-17-3-1-4-19(17)15-21)16-26-24(30)18-6-9-20(10-7-18)27-13-2-5-23(27)29/h6-11,15H,1-5,12-14,16H2,(H,25,28)(H,26,30). The molecule has 1 aliphatic heterocycles. The Balaban J connectivity index is 1.15. The van der Waals surface area contributed by atoms with Crippen molar-refractivity contribution in [3.8, 4) is 5.75 Å². The maximum absolute atomic E-state index is 12.3. The van der Waals surface area contributed by atoms with Crippen LogP contribution in [0.2, 0.25) is 0 Å². The fourth-order valence-corrected chi connectivity index (χ4v) is 4.04. The molecule has 1 heterocycles. The van der Waals surface area contributed by atoms with Gasteiger partial charge in [-0.3, -0.25) is 14.4 Å². The number of amides is 3. The van der Waals surface area contributed by atoms with E-state index in [1.807, 2.05) is 6.07 Å².